The van der Waals surface area contributed by atoms with Crippen molar-refractivity contribution >= 4 is 28.1 Å². The van der Waals surface area contributed by atoms with E-state index in [0.29, 0.717) is 0 Å². The molecule has 1 aromatic rings. The van der Waals surface area contributed by atoms with Gasteiger partial charge in [0.15, 0.2) is 0 Å². The highest BCUT2D eigenvalue weighted by molar-refractivity contribution is 8.01. The fourth-order valence-electron chi connectivity index (χ4n) is 1.19. The Morgan fingerprint density at radius 2 is 1.89 bits per heavy atom. The summed E-state index contributed by atoms with van der Waals surface area (Å²) in [7, 11) is -8.44. The van der Waals surface area contributed by atoms with Crippen molar-refractivity contribution in [1.29, 1.82) is 0 Å². The molecule has 1 aromatic carbocycles. The van der Waals surface area contributed by atoms with Gasteiger partial charge >= 0.3 is 22.8 Å². The Kier molecular flexibility index (Phi) is 3.94. The minimum atomic E-state index is -4.92. The zero-order valence-corrected chi connectivity index (χ0v) is 10.7. The second-order valence-corrected chi connectivity index (χ2v) is 6.08. The molecule has 0 atom stereocenters. The van der Waals surface area contributed by atoms with Crippen LogP contribution in [0.25, 0.3) is 0 Å². The molecule has 0 saturated carbocycles. The quantitative estimate of drug-likeness (QED) is 0.502. The van der Waals surface area contributed by atoms with Crippen LogP contribution >= 0.6 is 7.60 Å². The fraction of sp³-hybridized carbons (Fsp3) is 0.125. The molecule has 10 heteroatoms. The molecule has 8 nitrogen and oxygen atoms in total. The summed E-state index contributed by atoms with van der Waals surface area (Å²) in [6, 6.07) is 2.55. The Balaban J connectivity index is 3.40. The van der Waals surface area contributed by atoms with Crippen LogP contribution in [0.1, 0.15) is 10.4 Å². The summed E-state index contributed by atoms with van der Waals surface area (Å²) in [4.78, 5) is 29.1. The van der Waals surface area contributed by atoms with Gasteiger partial charge in [0.05, 0.1) is 7.11 Å². The molecule has 0 heterocycles. The zero-order chi connectivity index (χ0) is 14.1. The van der Waals surface area contributed by atoms with E-state index in [-0.39, 0.29) is 5.75 Å². The van der Waals surface area contributed by atoms with E-state index in [1.807, 2.05) is 0 Å². The number of carbonyl (C=O) groups is 1. The van der Waals surface area contributed by atoms with Gasteiger partial charge in [-0.3, -0.25) is 13.9 Å². The van der Waals surface area contributed by atoms with Crippen molar-refractivity contribution in [2.45, 2.75) is 0 Å². The number of methoxy groups -OCH3 is 1. The molecule has 0 fully saturated rings. The van der Waals surface area contributed by atoms with Crippen LogP contribution in [0.15, 0.2) is 18.2 Å². The van der Waals surface area contributed by atoms with Crippen LogP contribution in [0.5, 0.6) is 5.75 Å². The number of benzene rings is 1. The van der Waals surface area contributed by atoms with E-state index < -0.39 is 33.7 Å². The minimum Gasteiger partial charge on any atom is -0.496 e. The lowest BCUT2D eigenvalue weighted by atomic mass is 10.2. The van der Waals surface area contributed by atoms with Crippen molar-refractivity contribution in [2.24, 2.45) is 0 Å². The largest absolute Gasteiger partial charge is 0.496 e. The van der Waals surface area contributed by atoms with Crippen molar-refractivity contribution in [3.05, 3.63) is 23.8 Å². The first-order valence-electron chi connectivity index (χ1n) is 4.33. The standard InChI is InChI=1S/C8H9O8PS/c1-16-6-4-5(8(9)18(13,14)15)2-3-7(6)17(10,11)12/h2-4H,1H3,(H2,10,11,12)(H,13,14,15). The lowest BCUT2D eigenvalue weighted by Gasteiger charge is -2.10. The topological polar surface area (TPSA) is 138 Å². The molecule has 0 unspecified atom stereocenters. The summed E-state index contributed by atoms with van der Waals surface area (Å²) in [6.07, 6.45) is 0. The molecular weight excluding hydrogens is 287 g/mol. The van der Waals surface area contributed by atoms with E-state index in [4.69, 9.17) is 14.3 Å². The highest BCUT2D eigenvalue weighted by Crippen LogP contribution is 2.37. The van der Waals surface area contributed by atoms with Gasteiger partial charge in [0, 0.05) is 5.56 Å². The summed E-state index contributed by atoms with van der Waals surface area (Å²) in [5.74, 6) is -0.349. The van der Waals surface area contributed by atoms with Crippen LogP contribution in [0, 0.1) is 0 Å². The Morgan fingerprint density at radius 3 is 2.28 bits per heavy atom. The van der Waals surface area contributed by atoms with Gasteiger partial charge in [-0.1, -0.05) is 0 Å². The van der Waals surface area contributed by atoms with Gasteiger partial charge in [0.1, 0.15) is 11.1 Å². The van der Waals surface area contributed by atoms with Crippen LogP contribution in [0.3, 0.4) is 0 Å². The van der Waals surface area contributed by atoms with Crippen LogP contribution < -0.4 is 10.0 Å². The predicted molar refractivity (Wildman–Crippen MR) is 60.6 cm³/mol. The summed E-state index contributed by atoms with van der Waals surface area (Å²) in [6.45, 7) is 0. The molecule has 0 bridgehead atoms. The molecule has 100 valence electrons. The molecule has 0 aliphatic heterocycles. The van der Waals surface area contributed by atoms with Gasteiger partial charge < -0.3 is 14.5 Å². The number of carbonyl (C=O) groups excluding carboxylic acids is 1. The van der Waals surface area contributed by atoms with E-state index in [9.17, 15) is 17.8 Å². The molecular formula is C8H9O8PS. The molecule has 0 spiro atoms. The normalized spacial score (nSPS) is 12.2. The molecule has 0 amide bonds. The summed E-state index contributed by atoms with van der Waals surface area (Å²) in [5, 5.41) is -2.07. The number of rotatable bonds is 3. The minimum absolute atomic E-state index is 0.349. The number of hydrogen-bond donors (Lipinski definition) is 3. The molecule has 0 radical (unpaired) electrons. The predicted octanol–water partition coefficient (Wildman–Crippen LogP) is -0.474. The van der Waals surface area contributed by atoms with Crippen LogP contribution in [-0.4, -0.2) is 35.0 Å². The van der Waals surface area contributed by atoms with Gasteiger partial charge in [-0.25, -0.2) is 0 Å². The van der Waals surface area contributed by atoms with Crippen LogP contribution in [0.4, 0.5) is 0 Å². The summed E-state index contributed by atoms with van der Waals surface area (Å²) in [5.41, 5.74) is -0.466. The monoisotopic (exact) mass is 296 g/mol. The molecule has 0 saturated heterocycles. The fourth-order valence-corrected chi connectivity index (χ4v) is 2.33. The number of ether oxygens (including phenoxy) is 1. The van der Waals surface area contributed by atoms with Crippen molar-refractivity contribution in [3.63, 3.8) is 0 Å². The lowest BCUT2D eigenvalue weighted by molar-refractivity contribution is 0.106. The maximum atomic E-state index is 11.2. The third-order valence-electron chi connectivity index (χ3n) is 1.96. The van der Waals surface area contributed by atoms with E-state index >= 15 is 0 Å². The zero-order valence-electron chi connectivity index (χ0n) is 8.97. The van der Waals surface area contributed by atoms with Gasteiger partial charge in [0.2, 0.25) is 0 Å². The van der Waals surface area contributed by atoms with Gasteiger partial charge in [-0.2, -0.15) is 8.42 Å². The molecule has 3 N–H and O–H groups in total. The molecule has 0 aliphatic carbocycles. The lowest BCUT2D eigenvalue weighted by Crippen LogP contribution is -2.16. The summed E-state index contributed by atoms with van der Waals surface area (Å²) < 4.78 is 45.5. The van der Waals surface area contributed by atoms with Crippen molar-refractivity contribution in [3.8, 4) is 5.75 Å². The maximum absolute atomic E-state index is 11.2. The Morgan fingerprint density at radius 1 is 1.33 bits per heavy atom. The average Bonchev–Trinajstić information content (AvgIpc) is 2.24. The van der Waals surface area contributed by atoms with Gasteiger partial charge in [0.25, 0.3) is 0 Å². The third kappa shape index (κ3) is 3.15. The second-order valence-electron chi connectivity index (χ2n) is 3.19. The van der Waals surface area contributed by atoms with Gasteiger partial charge in [-0.15, -0.1) is 0 Å². The van der Waals surface area contributed by atoms with Crippen molar-refractivity contribution in [2.75, 3.05) is 7.11 Å². The van der Waals surface area contributed by atoms with Crippen LogP contribution in [-0.2, 0) is 14.7 Å². The first kappa shape index (κ1) is 14.8. The smallest absolute Gasteiger partial charge is 0.359 e. The number of hydrogen-bond acceptors (Lipinski definition) is 5. The molecule has 0 aliphatic rings. The summed E-state index contributed by atoms with van der Waals surface area (Å²) >= 11 is 0. The SMILES string of the molecule is COc1cc(C(=O)S(=O)(=O)O)ccc1P(=O)(O)O. The first-order valence-corrected chi connectivity index (χ1v) is 7.38. The van der Waals surface area contributed by atoms with Crippen molar-refractivity contribution in [1.82, 2.24) is 0 Å². The Labute approximate surface area is 102 Å². The maximum Gasteiger partial charge on any atom is 0.359 e. The van der Waals surface area contributed by atoms with E-state index in [2.05, 4.69) is 4.74 Å². The molecule has 18 heavy (non-hydrogen) atoms. The second kappa shape index (κ2) is 4.79. The van der Waals surface area contributed by atoms with E-state index in [1.54, 1.807) is 0 Å². The van der Waals surface area contributed by atoms with Crippen LogP contribution in [0.2, 0.25) is 0 Å². The van der Waals surface area contributed by atoms with E-state index in [0.717, 1.165) is 25.3 Å². The van der Waals surface area contributed by atoms with Crippen molar-refractivity contribution < 1.29 is 36.9 Å². The van der Waals surface area contributed by atoms with E-state index in [1.165, 1.54) is 0 Å². The highest BCUT2D eigenvalue weighted by atomic mass is 32.2. The molecule has 0 aromatic heterocycles. The van der Waals surface area contributed by atoms with Gasteiger partial charge in [-0.05, 0) is 18.2 Å². The Hall–Kier alpha value is -1.25. The third-order valence-corrected chi connectivity index (χ3v) is 3.66. The highest BCUT2D eigenvalue weighted by Gasteiger charge is 2.26. The molecule has 1 rings (SSSR count). The first-order chi connectivity index (χ1) is 8.07. The average molecular weight is 296 g/mol. The Bertz CT molecular complexity index is 628.